The van der Waals surface area contributed by atoms with Gasteiger partial charge in [-0.1, -0.05) is 6.58 Å². The fourth-order valence-corrected chi connectivity index (χ4v) is 1.50. The maximum absolute atomic E-state index is 5.46. The molecule has 1 aliphatic rings. The standard InChI is InChI=1S/C10H15N3O2/c1-9(15-10-2-3-11-12-10)8-13-4-6-14-7-5-13/h2-3H,1,4-8H2,(H,11,12). The SMILES string of the molecule is C=C(CN1CCOCC1)Oc1ccn[nH]1. The molecule has 0 unspecified atom stereocenters. The fraction of sp³-hybridized carbons (Fsp3) is 0.500. The third-order valence-corrected chi connectivity index (χ3v) is 2.23. The Bertz CT molecular complexity index is 304. The molecule has 1 saturated heterocycles. The molecule has 0 radical (unpaired) electrons. The van der Waals surface area contributed by atoms with E-state index in [9.17, 15) is 0 Å². The monoisotopic (exact) mass is 209 g/mol. The third kappa shape index (κ3) is 3.07. The van der Waals surface area contributed by atoms with E-state index in [1.165, 1.54) is 0 Å². The molecule has 2 heterocycles. The molecule has 1 aliphatic heterocycles. The van der Waals surface area contributed by atoms with Crippen LogP contribution in [0.25, 0.3) is 0 Å². The van der Waals surface area contributed by atoms with Crippen LogP contribution in [-0.4, -0.2) is 47.9 Å². The first-order valence-corrected chi connectivity index (χ1v) is 5.00. The van der Waals surface area contributed by atoms with Crippen molar-refractivity contribution in [2.45, 2.75) is 0 Å². The summed E-state index contributed by atoms with van der Waals surface area (Å²) in [6.07, 6.45) is 1.65. The molecule has 5 nitrogen and oxygen atoms in total. The Morgan fingerprint density at radius 1 is 1.60 bits per heavy atom. The van der Waals surface area contributed by atoms with Crippen molar-refractivity contribution >= 4 is 0 Å². The second kappa shape index (κ2) is 4.95. The number of rotatable bonds is 4. The quantitative estimate of drug-likeness (QED) is 0.739. The highest BCUT2D eigenvalue weighted by molar-refractivity contribution is 5.09. The van der Waals surface area contributed by atoms with Gasteiger partial charge in [-0.25, -0.2) is 5.10 Å². The van der Waals surface area contributed by atoms with E-state index in [1.54, 1.807) is 12.3 Å². The molecule has 0 atom stereocenters. The van der Waals surface area contributed by atoms with Crippen LogP contribution in [0.15, 0.2) is 24.6 Å². The van der Waals surface area contributed by atoms with Gasteiger partial charge in [0.2, 0.25) is 5.88 Å². The normalized spacial score (nSPS) is 17.6. The summed E-state index contributed by atoms with van der Waals surface area (Å²) in [5, 5.41) is 6.53. The van der Waals surface area contributed by atoms with Crippen LogP contribution in [0.4, 0.5) is 0 Å². The van der Waals surface area contributed by atoms with E-state index in [0.29, 0.717) is 5.88 Å². The lowest BCUT2D eigenvalue weighted by Crippen LogP contribution is -2.37. The van der Waals surface area contributed by atoms with Gasteiger partial charge in [0.05, 0.1) is 26.0 Å². The Hall–Kier alpha value is -1.33. The lowest BCUT2D eigenvalue weighted by atomic mass is 10.4. The zero-order valence-corrected chi connectivity index (χ0v) is 8.61. The summed E-state index contributed by atoms with van der Waals surface area (Å²) in [6.45, 7) is 8.06. The molecule has 2 rings (SSSR count). The van der Waals surface area contributed by atoms with Gasteiger partial charge in [-0.05, 0) is 0 Å². The van der Waals surface area contributed by atoms with E-state index in [0.717, 1.165) is 38.6 Å². The zero-order chi connectivity index (χ0) is 10.5. The zero-order valence-electron chi connectivity index (χ0n) is 8.61. The number of ether oxygens (including phenoxy) is 2. The molecule has 5 heteroatoms. The Morgan fingerprint density at radius 3 is 3.07 bits per heavy atom. The minimum absolute atomic E-state index is 0.633. The molecule has 0 bridgehead atoms. The summed E-state index contributed by atoms with van der Waals surface area (Å²) in [7, 11) is 0. The first kappa shape index (κ1) is 10.2. The summed E-state index contributed by atoms with van der Waals surface area (Å²) < 4.78 is 10.7. The number of hydrogen-bond acceptors (Lipinski definition) is 4. The number of hydrogen-bond donors (Lipinski definition) is 1. The molecule has 0 saturated carbocycles. The van der Waals surface area contributed by atoms with Crippen LogP contribution in [0, 0.1) is 0 Å². The first-order chi connectivity index (χ1) is 7.34. The maximum atomic E-state index is 5.46. The smallest absolute Gasteiger partial charge is 0.214 e. The van der Waals surface area contributed by atoms with Gasteiger partial charge in [0.15, 0.2) is 0 Å². The number of aromatic amines is 1. The van der Waals surface area contributed by atoms with Crippen molar-refractivity contribution < 1.29 is 9.47 Å². The molecule has 1 fully saturated rings. The van der Waals surface area contributed by atoms with Crippen molar-refractivity contribution in [3.63, 3.8) is 0 Å². The molecule has 1 N–H and O–H groups in total. The van der Waals surface area contributed by atoms with Crippen LogP contribution in [0.5, 0.6) is 5.88 Å². The van der Waals surface area contributed by atoms with Crippen molar-refractivity contribution in [2.75, 3.05) is 32.8 Å². The molecular weight excluding hydrogens is 194 g/mol. The van der Waals surface area contributed by atoms with Gasteiger partial charge < -0.3 is 9.47 Å². The Kier molecular flexibility index (Phi) is 3.37. The van der Waals surface area contributed by atoms with Crippen LogP contribution < -0.4 is 4.74 Å². The topological polar surface area (TPSA) is 50.4 Å². The highest BCUT2D eigenvalue weighted by Gasteiger charge is 2.12. The Labute approximate surface area is 88.7 Å². The summed E-state index contributed by atoms with van der Waals surface area (Å²) in [5.74, 6) is 1.36. The predicted molar refractivity (Wildman–Crippen MR) is 55.6 cm³/mol. The summed E-state index contributed by atoms with van der Waals surface area (Å²) >= 11 is 0. The highest BCUT2D eigenvalue weighted by atomic mass is 16.5. The van der Waals surface area contributed by atoms with Crippen LogP contribution in [-0.2, 0) is 4.74 Å². The second-order valence-corrected chi connectivity index (χ2v) is 3.45. The summed E-state index contributed by atoms with van der Waals surface area (Å²) in [6, 6.07) is 1.77. The number of nitrogens with zero attached hydrogens (tertiary/aromatic N) is 2. The fourth-order valence-electron chi connectivity index (χ4n) is 1.50. The van der Waals surface area contributed by atoms with Crippen molar-refractivity contribution in [1.82, 2.24) is 15.1 Å². The maximum Gasteiger partial charge on any atom is 0.214 e. The molecular formula is C10H15N3O2. The van der Waals surface area contributed by atoms with Gasteiger partial charge in [0, 0.05) is 19.2 Å². The summed E-state index contributed by atoms with van der Waals surface area (Å²) in [5.41, 5.74) is 0. The van der Waals surface area contributed by atoms with Gasteiger partial charge in [-0.3, -0.25) is 4.90 Å². The van der Waals surface area contributed by atoms with E-state index in [4.69, 9.17) is 9.47 Å². The van der Waals surface area contributed by atoms with Gasteiger partial charge >= 0.3 is 0 Å². The molecule has 0 amide bonds. The molecule has 1 aromatic heterocycles. The molecule has 1 aromatic rings. The Morgan fingerprint density at radius 2 is 2.40 bits per heavy atom. The number of H-pyrrole nitrogens is 1. The van der Waals surface area contributed by atoms with E-state index in [1.807, 2.05) is 0 Å². The van der Waals surface area contributed by atoms with E-state index in [-0.39, 0.29) is 0 Å². The molecule has 15 heavy (non-hydrogen) atoms. The Balaban J connectivity index is 1.76. The highest BCUT2D eigenvalue weighted by Crippen LogP contribution is 2.08. The molecule has 0 aliphatic carbocycles. The third-order valence-electron chi connectivity index (χ3n) is 2.23. The molecule has 82 valence electrons. The number of morpholine rings is 1. The van der Waals surface area contributed by atoms with E-state index < -0.39 is 0 Å². The second-order valence-electron chi connectivity index (χ2n) is 3.45. The van der Waals surface area contributed by atoms with E-state index >= 15 is 0 Å². The lowest BCUT2D eigenvalue weighted by Gasteiger charge is -2.26. The average molecular weight is 209 g/mol. The molecule has 0 spiro atoms. The van der Waals surface area contributed by atoms with Crippen LogP contribution >= 0.6 is 0 Å². The minimum atomic E-state index is 0.633. The number of nitrogens with one attached hydrogen (secondary N) is 1. The summed E-state index contributed by atoms with van der Waals surface area (Å²) in [4.78, 5) is 2.25. The van der Waals surface area contributed by atoms with Gasteiger partial charge in [0.25, 0.3) is 0 Å². The van der Waals surface area contributed by atoms with Gasteiger partial charge in [0.1, 0.15) is 5.76 Å². The van der Waals surface area contributed by atoms with Crippen molar-refractivity contribution in [1.29, 1.82) is 0 Å². The van der Waals surface area contributed by atoms with Crippen molar-refractivity contribution in [3.05, 3.63) is 24.6 Å². The van der Waals surface area contributed by atoms with Gasteiger partial charge in [-0.15, -0.1) is 0 Å². The average Bonchev–Trinajstić information content (AvgIpc) is 2.71. The first-order valence-electron chi connectivity index (χ1n) is 5.00. The lowest BCUT2D eigenvalue weighted by molar-refractivity contribution is 0.0386. The number of aromatic nitrogens is 2. The predicted octanol–water partition coefficient (Wildman–Crippen LogP) is 0.634. The van der Waals surface area contributed by atoms with Gasteiger partial charge in [-0.2, -0.15) is 5.10 Å². The minimum Gasteiger partial charge on any atom is -0.443 e. The largest absolute Gasteiger partial charge is 0.443 e. The van der Waals surface area contributed by atoms with E-state index in [2.05, 4.69) is 21.7 Å². The van der Waals surface area contributed by atoms with Crippen LogP contribution in [0.1, 0.15) is 0 Å². The van der Waals surface area contributed by atoms with Crippen molar-refractivity contribution in [3.8, 4) is 5.88 Å². The van der Waals surface area contributed by atoms with Crippen LogP contribution in [0.2, 0.25) is 0 Å². The van der Waals surface area contributed by atoms with Crippen molar-refractivity contribution in [2.24, 2.45) is 0 Å². The molecule has 0 aromatic carbocycles. The van der Waals surface area contributed by atoms with Crippen LogP contribution in [0.3, 0.4) is 0 Å².